The largest absolute Gasteiger partial charge is 0.315 e. The van der Waals surface area contributed by atoms with Crippen molar-refractivity contribution >= 4 is 0 Å². The number of rotatable bonds is 7. The van der Waals surface area contributed by atoms with Crippen molar-refractivity contribution in [1.29, 1.82) is 0 Å². The standard InChI is InChI=1S/C13H23N3/c1-4-8-14-9-10-16(3)11-13-7-5-6-12(2)15-13/h5-7,14H,4,8-11H2,1-3H3. The van der Waals surface area contributed by atoms with Crippen molar-refractivity contribution in [2.24, 2.45) is 0 Å². The van der Waals surface area contributed by atoms with Crippen molar-refractivity contribution in [2.45, 2.75) is 26.8 Å². The van der Waals surface area contributed by atoms with Crippen LogP contribution in [0.3, 0.4) is 0 Å². The van der Waals surface area contributed by atoms with Crippen LogP contribution < -0.4 is 5.32 Å². The number of hydrogen-bond donors (Lipinski definition) is 1. The summed E-state index contributed by atoms with van der Waals surface area (Å²) in [4.78, 5) is 6.79. The van der Waals surface area contributed by atoms with Crippen molar-refractivity contribution in [3.63, 3.8) is 0 Å². The fraction of sp³-hybridized carbons (Fsp3) is 0.615. The normalized spacial score (nSPS) is 11.0. The lowest BCUT2D eigenvalue weighted by atomic mass is 10.3. The van der Waals surface area contributed by atoms with Crippen molar-refractivity contribution in [2.75, 3.05) is 26.7 Å². The first-order valence-electron chi connectivity index (χ1n) is 6.04. The highest BCUT2D eigenvalue weighted by Gasteiger charge is 2.00. The molecule has 3 nitrogen and oxygen atoms in total. The second-order valence-electron chi connectivity index (χ2n) is 4.26. The fourth-order valence-electron chi connectivity index (χ4n) is 1.61. The first kappa shape index (κ1) is 13.1. The van der Waals surface area contributed by atoms with Gasteiger partial charge < -0.3 is 5.32 Å². The van der Waals surface area contributed by atoms with Crippen LogP contribution in [0.25, 0.3) is 0 Å². The molecule has 0 aliphatic heterocycles. The van der Waals surface area contributed by atoms with Gasteiger partial charge in [-0.3, -0.25) is 9.88 Å². The van der Waals surface area contributed by atoms with Crippen LogP contribution in [0, 0.1) is 6.92 Å². The van der Waals surface area contributed by atoms with E-state index in [1.165, 1.54) is 6.42 Å². The van der Waals surface area contributed by atoms with Crippen LogP contribution >= 0.6 is 0 Å². The number of nitrogens with one attached hydrogen (secondary N) is 1. The average molecular weight is 221 g/mol. The summed E-state index contributed by atoms with van der Waals surface area (Å²) >= 11 is 0. The molecule has 1 N–H and O–H groups in total. The molecule has 0 spiro atoms. The lowest BCUT2D eigenvalue weighted by molar-refractivity contribution is 0.320. The van der Waals surface area contributed by atoms with E-state index in [-0.39, 0.29) is 0 Å². The van der Waals surface area contributed by atoms with Gasteiger partial charge in [-0.15, -0.1) is 0 Å². The number of aromatic nitrogens is 1. The molecule has 1 heterocycles. The first-order chi connectivity index (χ1) is 7.72. The van der Waals surface area contributed by atoms with Crippen molar-refractivity contribution in [1.82, 2.24) is 15.2 Å². The van der Waals surface area contributed by atoms with Crippen LogP contribution in [0.1, 0.15) is 24.7 Å². The molecule has 0 saturated heterocycles. The molecule has 0 aliphatic rings. The lowest BCUT2D eigenvalue weighted by Gasteiger charge is -2.16. The maximum absolute atomic E-state index is 4.50. The topological polar surface area (TPSA) is 28.2 Å². The predicted octanol–water partition coefficient (Wildman–Crippen LogP) is 1.82. The predicted molar refractivity (Wildman–Crippen MR) is 68.5 cm³/mol. The van der Waals surface area contributed by atoms with E-state index in [1.54, 1.807) is 0 Å². The van der Waals surface area contributed by atoms with Crippen molar-refractivity contribution in [3.05, 3.63) is 29.6 Å². The highest BCUT2D eigenvalue weighted by molar-refractivity contribution is 5.09. The van der Waals surface area contributed by atoms with Gasteiger partial charge in [0.1, 0.15) is 0 Å². The molecule has 0 bridgehead atoms. The Bertz CT molecular complexity index is 299. The summed E-state index contributed by atoms with van der Waals surface area (Å²) in [5, 5.41) is 3.40. The minimum absolute atomic E-state index is 0.926. The number of hydrogen-bond acceptors (Lipinski definition) is 3. The highest BCUT2D eigenvalue weighted by Crippen LogP contribution is 2.01. The molecule has 0 aromatic carbocycles. The zero-order chi connectivity index (χ0) is 11.8. The summed E-state index contributed by atoms with van der Waals surface area (Å²) in [6, 6.07) is 6.19. The van der Waals surface area contributed by atoms with Gasteiger partial charge in [0.2, 0.25) is 0 Å². The second kappa shape index (κ2) is 7.36. The van der Waals surface area contributed by atoms with Gasteiger partial charge in [-0.1, -0.05) is 13.0 Å². The molecule has 1 aromatic heterocycles. The monoisotopic (exact) mass is 221 g/mol. The smallest absolute Gasteiger partial charge is 0.0547 e. The summed E-state index contributed by atoms with van der Waals surface area (Å²) < 4.78 is 0. The van der Waals surface area contributed by atoms with Crippen LogP contribution in [0.5, 0.6) is 0 Å². The molecule has 0 atom stereocenters. The van der Waals surface area contributed by atoms with Crippen LogP contribution in [0.2, 0.25) is 0 Å². The fourth-order valence-corrected chi connectivity index (χ4v) is 1.61. The number of aryl methyl sites for hydroxylation is 1. The van der Waals surface area contributed by atoms with E-state index in [0.29, 0.717) is 0 Å². The SMILES string of the molecule is CCCNCCN(C)Cc1cccc(C)n1. The van der Waals surface area contributed by atoms with Crippen LogP contribution in [0.4, 0.5) is 0 Å². The molecule has 90 valence electrons. The van der Waals surface area contributed by atoms with Gasteiger partial charge >= 0.3 is 0 Å². The molecule has 0 aliphatic carbocycles. The summed E-state index contributed by atoms with van der Waals surface area (Å²) in [6.07, 6.45) is 1.20. The first-order valence-corrected chi connectivity index (χ1v) is 6.04. The molecule has 0 saturated carbocycles. The third-order valence-corrected chi connectivity index (χ3v) is 2.47. The Hall–Kier alpha value is -0.930. The molecule has 0 radical (unpaired) electrons. The van der Waals surface area contributed by atoms with Gasteiger partial charge in [-0.25, -0.2) is 0 Å². The summed E-state index contributed by atoms with van der Waals surface area (Å²) in [5.41, 5.74) is 2.24. The minimum atomic E-state index is 0.926. The number of nitrogens with zero attached hydrogens (tertiary/aromatic N) is 2. The van der Waals surface area contributed by atoms with E-state index in [9.17, 15) is 0 Å². The maximum Gasteiger partial charge on any atom is 0.0547 e. The Morgan fingerprint density at radius 3 is 2.81 bits per heavy atom. The Labute approximate surface area is 98.9 Å². The summed E-state index contributed by atoms with van der Waals surface area (Å²) in [6.45, 7) is 8.37. The van der Waals surface area contributed by atoms with Crippen LogP contribution in [-0.4, -0.2) is 36.6 Å². The van der Waals surface area contributed by atoms with E-state index < -0.39 is 0 Å². The van der Waals surface area contributed by atoms with E-state index in [0.717, 1.165) is 37.6 Å². The third-order valence-electron chi connectivity index (χ3n) is 2.47. The molecule has 1 rings (SSSR count). The number of likely N-dealkylation sites (N-methyl/N-ethyl adjacent to an activating group) is 1. The van der Waals surface area contributed by atoms with Gasteiger partial charge in [-0.05, 0) is 39.1 Å². The van der Waals surface area contributed by atoms with Gasteiger partial charge in [0.15, 0.2) is 0 Å². The third kappa shape index (κ3) is 5.24. The molecule has 16 heavy (non-hydrogen) atoms. The van der Waals surface area contributed by atoms with Gasteiger partial charge in [0.05, 0.1) is 5.69 Å². The Kier molecular flexibility index (Phi) is 6.04. The van der Waals surface area contributed by atoms with Crippen LogP contribution in [-0.2, 0) is 6.54 Å². The molecular formula is C13H23N3. The zero-order valence-electron chi connectivity index (χ0n) is 10.7. The highest BCUT2D eigenvalue weighted by atomic mass is 15.1. The Balaban J connectivity index is 2.25. The van der Waals surface area contributed by atoms with E-state index >= 15 is 0 Å². The minimum Gasteiger partial charge on any atom is -0.315 e. The Morgan fingerprint density at radius 1 is 1.31 bits per heavy atom. The second-order valence-corrected chi connectivity index (χ2v) is 4.26. The quantitative estimate of drug-likeness (QED) is 0.712. The molecule has 0 fully saturated rings. The molecule has 1 aromatic rings. The van der Waals surface area contributed by atoms with Crippen LogP contribution in [0.15, 0.2) is 18.2 Å². The number of pyridine rings is 1. The van der Waals surface area contributed by atoms with Gasteiger partial charge in [-0.2, -0.15) is 0 Å². The molecule has 3 heteroatoms. The lowest BCUT2D eigenvalue weighted by Crippen LogP contribution is -2.29. The molecular weight excluding hydrogens is 198 g/mol. The summed E-state index contributed by atoms with van der Waals surface area (Å²) in [7, 11) is 2.14. The van der Waals surface area contributed by atoms with E-state index in [2.05, 4.69) is 41.3 Å². The van der Waals surface area contributed by atoms with E-state index in [1.807, 2.05) is 13.0 Å². The van der Waals surface area contributed by atoms with Gasteiger partial charge in [0, 0.05) is 25.3 Å². The van der Waals surface area contributed by atoms with Crippen molar-refractivity contribution < 1.29 is 0 Å². The molecule has 0 unspecified atom stereocenters. The average Bonchev–Trinajstić information content (AvgIpc) is 2.24. The Morgan fingerprint density at radius 2 is 2.12 bits per heavy atom. The zero-order valence-corrected chi connectivity index (χ0v) is 10.7. The maximum atomic E-state index is 4.50. The van der Waals surface area contributed by atoms with Crippen molar-refractivity contribution in [3.8, 4) is 0 Å². The summed E-state index contributed by atoms with van der Waals surface area (Å²) in [5.74, 6) is 0. The van der Waals surface area contributed by atoms with Gasteiger partial charge in [0.25, 0.3) is 0 Å². The molecule has 0 amide bonds. The van der Waals surface area contributed by atoms with E-state index in [4.69, 9.17) is 0 Å².